The van der Waals surface area contributed by atoms with E-state index in [1.54, 1.807) is 6.07 Å². The van der Waals surface area contributed by atoms with E-state index in [1.807, 2.05) is 4.90 Å². The van der Waals surface area contributed by atoms with Crippen LogP contribution >= 0.6 is 0 Å². The van der Waals surface area contributed by atoms with Gasteiger partial charge in [-0.3, -0.25) is 4.79 Å². The molecule has 4 rings (SSSR count). The number of piperazine rings is 1. The number of rotatable bonds is 5. The van der Waals surface area contributed by atoms with Crippen molar-refractivity contribution in [2.45, 2.75) is 18.9 Å². The van der Waals surface area contributed by atoms with E-state index in [1.165, 1.54) is 29.2 Å². The summed E-state index contributed by atoms with van der Waals surface area (Å²) in [6.07, 6.45) is 0.509. The van der Waals surface area contributed by atoms with Crippen molar-refractivity contribution in [2.24, 2.45) is 5.73 Å². The number of hydrogen-bond donors (Lipinski definition) is 2. The molecule has 4 heterocycles. The Kier molecular flexibility index (Phi) is 4.82. The van der Waals surface area contributed by atoms with Crippen LogP contribution in [-0.2, 0) is 4.79 Å². The Labute approximate surface area is 158 Å². The van der Waals surface area contributed by atoms with Gasteiger partial charge in [0.25, 0.3) is 6.43 Å². The standard InChI is InChI=1S/C17H18F2N8O/c18-17(19)11-1-2-15-22-7-13(27(15)25-11)12-6-16(24-9-23-12)26-4-3-21-10(8-26)5-14(20)28/h1-2,6-7,9-10,17,21H,3-5,8H2,(H2,20,28). The molecule has 1 aliphatic rings. The summed E-state index contributed by atoms with van der Waals surface area (Å²) in [6.45, 7) is 1.96. The molecule has 11 heteroatoms. The van der Waals surface area contributed by atoms with Gasteiger partial charge >= 0.3 is 0 Å². The lowest BCUT2D eigenvalue weighted by atomic mass is 10.1. The van der Waals surface area contributed by atoms with Crippen molar-refractivity contribution >= 4 is 17.4 Å². The number of nitrogens with zero attached hydrogens (tertiary/aromatic N) is 6. The van der Waals surface area contributed by atoms with Gasteiger partial charge in [0.15, 0.2) is 5.65 Å². The molecule has 1 aliphatic heterocycles. The number of primary amides is 1. The number of alkyl halides is 2. The summed E-state index contributed by atoms with van der Waals surface area (Å²) in [5.74, 6) is 0.301. The number of nitrogens with one attached hydrogen (secondary N) is 1. The first-order chi connectivity index (χ1) is 13.5. The lowest BCUT2D eigenvalue weighted by Gasteiger charge is -2.34. The maximum atomic E-state index is 13.0. The molecule has 1 unspecified atom stereocenters. The van der Waals surface area contributed by atoms with Crippen molar-refractivity contribution in [1.29, 1.82) is 0 Å². The lowest BCUT2D eigenvalue weighted by molar-refractivity contribution is -0.118. The number of carbonyl (C=O) groups excluding carboxylic acids is 1. The third-order valence-corrected chi connectivity index (χ3v) is 4.55. The van der Waals surface area contributed by atoms with E-state index in [9.17, 15) is 13.6 Å². The Bertz CT molecular complexity index is 1010. The van der Waals surface area contributed by atoms with Crippen LogP contribution in [0.2, 0.25) is 0 Å². The molecule has 9 nitrogen and oxygen atoms in total. The van der Waals surface area contributed by atoms with Crippen LogP contribution in [-0.4, -0.2) is 56.1 Å². The summed E-state index contributed by atoms with van der Waals surface area (Å²) < 4.78 is 27.4. The van der Waals surface area contributed by atoms with E-state index >= 15 is 0 Å². The van der Waals surface area contributed by atoms with Crippen molar-refractivity contribution in [3.8, 4) is 11.4 Å². The number of anilines is 1. The first-order valence-electron chi connectivity index (χ1n) is 8.73. The second-order valence-electron chi connectivity index (χ2n) is 6.50. The maximum Gasteiger partial charge on any atom is 0.282 e. The molecule has 3 N–H and O–H groups in total. The molecule has 0 saturated carbocycles. The predicted molar refractivity (Wildman–Crippen MR) is 96.8 cm³/mol. The van der Waals surface area contributed by atoms with E-state index in [0.717, 1.165) is 0 Å². The Balaban J connectivity index is 1.65. The molecule has 0 radical (unpaired) electrons. The number of nitrogens with two attached hydrogens (primary N) is 1. The zero-order chi connectivity index (χ0) is 19.7. The first kappa shape index (κ1) is 18.2. The molecular formula is C17H18F2N8O. The topological polar surface area (TPSA) is 114 Å². The van der Waals surface area contributed by atoms with Crippen molar-refractivity contribution in [3.05, 3.63) is 36.4 Å². The fraction of sp³-hybridized carbons (Fsp3) is 0.353. The average Bonchev–Trinajstić information content (AvgIpc) is 3.11. The molecular weight excluding hydrogens is 370 g/mol. The van der Waals surface area contributed by atoms with Gasteiger partial charge in [-0.1, -0.05) is 0 Å². The van der Waals surface area contributed by atoms with Crippen LogP contribution in [0.3, 0.4) is 0 Å². The van der Waals surface area contributed by atoms with Crippen molar-refractivity contribution in [3.63, 3.8) is 0 Å². The largest absolute Gasteiger partial charge is 0.370 e. The zero-order valence-electron chi connectivity index (χ0n) is 14.8. The lowest BCUT2D eigenvalue weighted by Crippen LogP contribution is -2.52. The Hall–Kier alpha value is -3.21. The molecule has 28 heavy (non-hydrogen) atoms. The highest BCUT2D eigenvalue weighted by atomic mass is 19.3. The van der Waals surface area contributed by atoms with E-state index in [4.69, 9.17) is 5.73 Å². The molecule has 0 spiro atoms. The van der Waals surface area contributed by atoms with Crippen LogP contribution in [0.1, 0.15) is 18.5 Å². The van der Waals surface area contributed by atoms with Gasteiger partial charge in [0.05, 0.1) is 11.9 Å². The van der Waals surface area contributed by atoms with Gasteiger partial charge in [0.2, 0.25) is 5.91 Å². The van der Waals surface area contributed by atoms with Crippen molar-refractivity contribution < 1.29 is 13.6 Å². The Morgan fingerprint density at radius 2 is 2.18 bits per heavy atom. The monoisotopic (exact) mass is 388 g/mol. The Morgan fingerprint density at radius 3 is 2.96 bits per heavy atom. The molecule has 0 aromatic carbocycles. The van der Waals surface area contributed by atoms with E-state index in [0.29, 0.717) is 42.5 Å². The molecule has 1 fully saturated rings. The second-order valence-corrected chi connectivity index (χ2v) is 6.50. The normalized spacial score (nSPS) is 17.4. The maximum absolute atomic E-state index is 13.0. The number of carbonyl (C=O) groups is 1. The summed E-state index contributed by atoms with van der Waals surface area (Å²) >= 11 is 0. The molecule has 0 aliphatic carbocycles. The van der Waals surface area contributed by atoms with E-state index < -0.39 is 6.43 Å². The van der Waals surface area contributed by atoms with Crippen LogP contribution in [0.4, 0.5) is 14.6 Å². The fourth-order valence-electron chi connectivity index (χ4n) is 3.25. The molecule has 3 aromatic heterocycles. The van der Waals surface area contributed by atoms with E-state index in [2.05, 4.69) is 25.4 Å². The highest BCUT2D eigenvalue weighted by molar-refractivity contribution is 5.74. The van der Waals surface area contributed by atoms with Gasteiger partial charge in [0.1, 0.15) is 23.5 Å². The van der Waals surface area contributed by atoms with E-state index in [-0.39, 0.29) is 24.1 Å². The Morgan fingerprint density at radius 1 is 1.32 bits per heavy atom. The third-order valence-electron chi connectivity index (χ3n) is 4.55. The van der Waals surface area contributed by atoms with Crippen LogP contribution in [0.15, 0.2) is 30.7 Å². The van der Waals surface area contributed by atoms with Crippen LogP contribution in [0.5, 0.6) is 0 Å². The molecule has 0 bridgehead atoms. The number of hydrogen-bond acceptors (Lipinski definition) is 7. The average molecular weight is 388 g/mol. The molecule has 1 saturated heterocycles. The van der Waals surface area contributed by atoms with Crippen LogP contribution in [0, 0.1) is 0 Å². The molecule has 1 amide bonds. The minimum Gasteiger partial charge on any atom is -0.370 e. The number of imidazole rings is 1. The molecule has 146 valence electrons. The minimum atomic E-state index is -2.68. The quantitative estimate of drug-likeness (QED) is 0.664. The van der Waals surface area contributed by atoms with Crippen molar-refractivity contribution in [2.75, 3.05) is 24.5 Å². The van der Waals surface area contributed by atoms with Gasteiger partial charge in [-0.25, -0.2) is 28.2 Å². The van der Waals surface area contributed by atoms with Gasteiger partial charge in [-0.05, 0) is 12.1 Å². The summed E-state index contributed by atoms with van der Waals surface area (Å²) in [7, 11) is 0. The molecule has 1 atom stereocenters. The van der Waals surface area contributed by atoms with Crippen LogP contribution in [0.25, 0.3) is 17.0 Å². The number of aromatic nitrogens is 5. The zero-order valence-corrected chi connectivity index (χ0v) is 14.8. The van der Waals surface area contributed by atoms with Gasteiger partial charge < -0.3 is 16.0 Å². The minimum absolute atomic E-state index is 0.0595. The first-order valence-corrected chi connectivity index (χ1v) is 8.73. The summed E-state index contributed by atoms with van der Waals surface area (Å²) in [6, 6.07) is 4.44. The smallest absolute Gasteiger partial charge is 0.282 e. The van der Waals surface area contributed by atoms with Crippen molar-refractivity contribution in [1.82, 2.24) is 29.9 Å². The van der Waals surface area contributed by atoms with Gasteiger partial charge in [-0.2, -0.15) is 5.10 Å². The van der Waals surface area contributed by atoms with Gasteiger partial charge in [0, 0.05) is 38.2 Å². The summed E-state index contributed by atoms with van der Waals surface area (Å²) in [4.78, 5) is 26.0. The fourth-order valence-corrected chi connectivity index (χ4v) is 3.25. The highest BCUT2D eigenvalue weighted by Gasteiger charge is 2.22. The number of amides is 1. The van der Waals surface area contributed by atoms with Gasteiger partial charge in [-0.15, -0.1) is 0 Å². The predicted octanol–water partition coefficient (Wildman–Crippen LogP) is 0.777. The second kappa shape index (κ2) is 7.43. The number of halogens is 2. The summed E-state index contributed by atoms with van der Waals surface area (Å²) in [5, 5.41) is 7.22. The SMILES string of the molecule is NC(=O)CC1CN(c2cc(-c3cnc4ccc(C(F)F)nn34)ncn2)CCN1. The summed E-state index contributed by atoms with van der Waals surface area (Å²) in [5.41, 5.74) is 6.41. The van der Waals surface area contributed by atoms with Crippen LogP contribution < -0.4 is 16.0 Å². The number of fused-ring (bicyclic) bond motifs is 1. The third kappa shape index (κ3) is 3.60. The highest BCUT2D eigenvalue weighted by Crippen LogP contribution is 2.24. The molecule has 3 aromatic rings.